The summed E-state index contributed by atoms with van der Waals surface area (Å²) in [7, 11) is 2.20. The van der Waals surface area contributed by atoms with Gasteiger partial charge in [-0.25, -0.2) is 4.39 Å². The van der Waals surface area contributed by atoms with Crippen molar-refractivity contribution in [3.63, 3.8) is 0 Å². The summed E-state index contributed by atoms with van der Waals surface area (Å²) in [4.78, 5) is 4.89. The van der Waals surface area contributed by atoms with Crippen LogP contribution in [0.2, 0.25) is 0 Å². The van der Waals surface area contributed by atoms with E-state index in [4.69, 9.17) is 4.74 Å². The van der Waals surface area contributed by atoms with Crippen LogP contribution in [0, 0.1) is 18.2 Å². The molecule has 1 radical (unpaired) electrons. The molecule has 3 nitrogen and oxygen atoms in total. The van der Waals surface area contributed by atoms with E-state index in [0.717, 1.165) is 58.8 Å². The minimum atomic E-state index is -0.142. The standard InChI is InChI=1S/C19H28FN2O/c1-21-10-8-19(16-4-6-18(20)7-5-16)17(15-21)3-2-9-22-11-13-23-14-12-22/h2,4-7,17,19H,3,8-15H2,1H3. The summed E-state index contributed by atoms with van der Waals surface area (Å²) < 4.78 is 18.6. The van der Waals surface area contributed by atoms with Crippen LogP contribution in [0.4, 0.5) is 4.39 Å². The second kappa shape index (κ2) is 8.22. The maximum absolute atomic E-state index is 13.2. The van der Waals surface area contributed by atoms with E-state index in [-0.39, 0.29) is 5.82 Å². The van der Waals surface area contributed by atoms with E-state index >= 15 is 0 Å². The quantitative estimate of drug-likeness (QED) is 0.830. The Morgan fingerprint density at radius 3 is 2.65 bits per heavy atom. The Kier molecular flexibility index (Phi) is 6.03. The van der Waals surface area contributed by atoms with E-state index in [1.165, 1.54) is 5.56 Å². The van der Waals surface area contributed by atoms with Crippen LogP contribution in [0.15, 0.2) is 24.3 Å². The molecule has 0 N–H and O–H groups in total. The second-order valence-corrected chi connectivity index (χ2v) is 6.91. The maximum atomic E-state index is 13.2. The number of hydrogen-bond donors (Lipinski definition) is 0. The van der Waals surface area contributed by atoms with Crippen LogP contribution in [-0.2, 0) is 4.74 Å². The first kappa shape index (κ1) is 16.9. The van der Waals surface area contributed by atoms with Crippen LogP contribution in [-0.4, -0.2) is 62.8 Å². The first-order valence-corrected chi connectivity index (χ1v) is 8.78. The van der Waals surface area contributed by atoms with Gasteiger partial charge < -0.3 is 9.64 Å². The van der Waals surface area contributed by atoms with Crippen molar-refractivity contribution in [3.05, 3.63) is 42.1 Å². The molecule has 0 saturated carbocycles. The molecule has 2 heterocycles. The highest BCUT2D eigenvalue weighted by Gasteiger charge is 2.28. The number of morpholine rings is 1. The molecule has 127 valence electrons. The Labute approximate surface area is 139 Å². The lowest BCUT2D eigenvalue weighted by molar-refractivity contribution is 0.0409. The van der Waals surface area contributed by atoms with Gasteiger partial charge in [-0.1, -0.05) is 12.1 Å². The third-order valence-corrected chi connectivity index (χ3v) is 5.20. The number of likely N-dealkylation sites (tertiary alicyclic amines) is 1. The molecular formula is C19H28FN2O. The van der Waals surface area contributed by atoms with E-state index in [9.17, 15) is 4.39 Å². The van der Waals surface area contributed by atoms with Gasteiger partial charge in [0.2, 0.25) is 0 Å². The highest BCUT2D eigenvalue weighted by molar-refractivity contribution is 5.22. The molecule has 2 unspecified atom stereocenters. The van der Waals surface area contributed by atoms with Crippen LogP contribution in [0.1, 0.15) is 24.3 Å². The zero-order chi connectivity index (χ0) is 16.1. The second-order valence-electron chi connectivity index (χ2n) is 6.91. The molecule has 0 spiro atoms. The van der Waals surface area contributed by atoms with E-state index in [0.29, 0.717) is 11.8 Å². The van der Waals surface area contributed by atoms with Crippen LogP contribution in [0.5, 0.6) is 0 Å². The van der Waals surface area contributed by atoms with Gasteiger partial charge in [-0.15, -0.1) is 0 Å². The predicted octanol–water partition coefficient (Wildman–Crippen LogP) is 2.79. The Bertz CT molecular complexity index is 473. The molecule has 2 aliphatic heterocycles. The average molecular weight is 319 g/mol. The number of halogens is 1. The van der Waals surface area contributed by atoms with Gasteiger partial charge in [-0.3, -0.25) is 4.90 Å². The molecule has 1 aromatic rings. The summed E-state index contributed by atoms with van der Waals surface area (Å²) >= 11 is 0. The zero-order valence-electron chi connectivity index (χ0n) is 14.1. The number of benzene rings is 1. The third-order valence-electron chi connectivity index (χ3n) is 5.20. The van der Waals surface area contributed by atoms with Crippen molar-refractivity contribution in [2.24, 2.45) is 5.92 Å². The van der Waals surface area contributed by atoms with Crippen molar-refractivity contribution in [3.8, 4) is 0 Å². The van der Waals surface area contributed by atoms with Crippen LogP contribution in [0.3, 0.4) is 0 Å². The first-order valence-electron chi connectivity index (χ1n) is 8.78. The van der Waals surface area contributed by atoms with Gasteiger partial charge in [0.15, 0.2) is 0 Å². The first-order chi connectivity index (χ1) is 11.2. The molecule has 0 amide bonds. The van der Waals surface area contributed by atoms with Crippen molar-refractivity contribution in [1.29, 1.82) is 0 Å². The molecule has 2 aliphatic rings. The van der Waals surface area contributed by atoms with Gasteiger partial charge in [0, 0.05) is 26.2 Å². The molecule has 1 aromatic carbocycles. The molecule has 0 aliphatic carbocycles. The monoisotopic (exact) mass is 319 g/mol. The van der Waals surface area contributed by atoms with E-state index < -0.39 is 0 Å². The highest BCUT2D eigenvalue weighted by Crippen LogP contribution is 2.35. The van der Waals surface area contributed by atoms with E-state index in [1.54, 1.807) is 12.1 Å². The van der Waals surface area contributed by atoms with Crippen molar-refractivity contribution in [2.75, 3.05) is 53.0 Å². The molecule has 2 atom stereocenters. The lowest BCUT2D eigenvalue weighted by Crippen LogP contribution is -2.39. The topological polar surface area (TPSA) is 15.7 Å². The minimum Gasteiger partial charge on any atom is -0.379 e. The van der Waals surface area contributed by atoms with Crippen molar-refractivity contribution in [1.82, 2.24) is 9.80 Å². The summed E-state index contributed by atoms with van der Waals surface area (Å²) in [5, 5.41) is 0. The number of piperidine rings is 1. The van der Waals surface area contributed by atoms with Crippen molar-refractivity contribution < 1.29 is 9.13 Å². The highest BCUT2D eigenvalue weighted by atomic mass is 19.1. The molecule has 4 heteroatoms. The number of hydrogen-bond acceptors (Lipinski definition) is 3. The third kappa shape index (κ3) is 4.75. The Morgan fingerprint density at radius 2 is 1.91 bits per heavy atom. The number of rotatable bonds is 5. The zero-order valence-corrected chi connectivity index (χ0v) is 14.1. The molecule has 0 bridgehead atoms. The largest absolute Gasteiger partial charge is 0.379 e. The summed E-state index contributed by atoms with van der Waals surface area (Å²) in [6.45, 7) is 7.12. The number of ether oxygens (including phenoxy) is 1. The minimum absolute atomic E-state index is 0.142. The average Bonchev–Trinajstić information content (AvgIpc) is 2.57. The van der Waals surface area contributed by atoms with Gasteiger partial charge in [-0.05, 0) is 62.4 Å². The molecular weight excluding hydrogens is 291 g/mol. The fourth-order valence-corrected chi connectivity index (χ4v) is 3.86. The van der Waals surface area contributed by atoms with Gasteiger partial charge in [0.05, 0.1) is 13.2 Å². The van der Waals surface area contributed by atoms with Gasteiger partial charge in [-0.2, -0.15) is 0 Å². The summed E-state index contributed by atoms with van der Waals surface area (Å²) in [5.41, 5.74) is 1.30. The lowest BCUT2D eigenvalue weighted by Gasteiger charge is -2.37. The van der Waals surface area contributed by atoms with Crippen LogP contribution >= 0.6 is 0 Å². The van der Waals surface area contributed by atoms with Crippen molar-refractivity contribution >= 4 is 0 Å². The summed E-state index contributed by atoms with van der Waals surface area (Å²) in [6, 6.07) is 7.14. The molecule has 23 heavy (non-hydrogen) atoms. The summed E-state index contributed by atoms with van der Waals surface area (Å²) in [6.07, 6.45) is 4.73. The maximum Gasteiger partial charge on any atom is 0.123 e. The fourth-order valence-electron chi connectivity index (χ4n) is 3.86. The Morgan fingerprint density at radius 1 is 1.17 bits per heavy atom. The van der Waals surface area contributed by atoms with Crippen molar-refractivity contribution in [2.45, 2.75) is 18.8 Å². The Hall–Kier alpha value is -0.970. The molecule has 0 aromatic heterocycles. The molecule has 2 saturated heterocycles. The lowest BCUT2D eigenvalue weighted by atomic mass is 9.78. The van der Waals surface area contributed by atoms with Crippen LogP contribution in [0.25, 0.3) is 0 Å². The SMILES string of the molecule is CN1CCC(c2ccc(F)cc2)C(C[CH]CN2CCOCC2)C1. The molecule has 3 rings (SSSR count). The van der Waals surface area contributed by atoms with E-state index in [1.807, 2.05) is 12.1 Å². The van der Waals surface area contributed by atoms with Gasteiger partial charge in [0.1, 0.15) is 5.82 Å². The van der Waals surface area contributed by atoms with E-state index in [2.05, 4.69) is 23.3 Å². The summed E-state index contributed by atoms with van der Waals surface area (Å²) in [5.74, 6) is 1.03. The molecule has 2 fully saturated rings. The van der Waals surface area contributed by atoms with Gasteiger partial charge in [0.25, 0.3) is 0 Å². The number of nitrogens with zero attached hydrogens (tertiary/aromatic N) is 2. The Balaban J connectivity index is 1.55. The smallest absolute Gasteiger partial charge is 0.123 e. The van der Waals surface area contributed by atoms with Gasteiger partial charge >= 0.3 is 0 Å². The fraction of sp³-hybridized carbons (Fsp3) is 0.632. The normalized spacial score (nSPS) is 27.2. The van der Waals surface area contributed by atoms with Crippen LogP contribution < -0.4 is 0 Å². The predicted molar refractivity (Wildman–Crippen MR) is 90.9 cm³/mol.